The average Bonchev–Trinajstić information content (AvgIpc) is 2.86. The topological polar surface area (TPSA) is 80.7 Å². The van der Waals surface area contributed by atoms with Gasteiger partial charge in [0.2, 0.25) is 5.91 Å². The molecule has 104 valence electrons. The standard InChI is InChI=1S/C13H18N2O4/c1-2-10-8-18-13(19-10)6-12(17)15-11-5-3-4-9(7-16)14-11/h3-5,10,13,16H,2,6-8H2,1H3,(H,14,15,17). The molecule has 1 aliphatic heterocycles. The maximum Gasteiger partial charge on any atom is 0.230 e. The van der Waals surface area contributed by atoms with Gasteiger partial charge in [-0.1, -0.05) is 13.0 Å². The molecule has 6 heteroatoms. The van der Waals surface area contributed by atoms with Gasteiger partial charge in [0.15, 0.2) is 6.29 Å². The molecular formula is C13H18N2O4. The van der Waals surface area contributed by atoms with Crippen molar-refractivity contribution in [3.8, 4) is 0 Å². The number of aromatic nitrogens is 1. The van der Waals surface area contributed by atoms with E-state index in [4.69, 9.17) is 14.6 Å². The van der Waals surface area contributed by atoms with Gasteiger partial charge < -0.3 is 19.9 Å². The predicted molar refractivity (Wildman–Crippen MR) is 68.3 cm³/mol. The highest BCUT2D eigenvalue weighted by atomic mass is 16.7. The Kier molecular flexibility index (Phi) is 4.84. The van der Waals surface area contributed by atoms with Crippen LogP contribution in [0.5, 0.6) is 0 Å². The Morgan fingerprint density at radius 2 is 2.42 bits per heavy atom. The quantitative estimate of drug-likeness (QED) is 0.832. The normalized spacial score (nSPS) is 22.4. The van der Waals surface area contributed by atoms with E-state index in [0.29, 0.717) is 18.1 Å². The number of carbonyl (C=O) groups excluding carboxylic acids is 1. The SMILES string of the molecule is CCC1COC(CC(=O)Nc2cccc(CO)n2)O1. The number of amides is 1. The van der Waals surface area contributed by atoms with E-state index in [1.165, 1.54) is 0 Å². The molecular weight excluding hydrogens is 248 g/mol. The smallest absolute Gasteiger partial charge is 0.230 e. The van der Waals surface area contributed by atoms with E-state index in [2.05, 4.69) is 10.3 Å². The number of hydrogen-bond acceptors (Lipinski definition) is 5. The molecule has 0 aromatic carbocycles. The zero-order chi connectivity index (χ0) is 13.7. The summed E-state index contributed by atoms with van der Waals surface area (Å²) in [5.41, 5.74) is 0.511. The van der Waals surface area contributed by atoms with Crippen LogP contribution < -0.4 is 5.32 Å². The summed E-state index contributed by atoms with van der Waals surface area (Å²) in [6, 6.07) is 5.08. The van der Waals surface area contributed by atoms with E-state index in [1.54, 1.807) is 18.2 Å². The minimum absolute atomic E-state index is 0.0774. The van der Waals surface area contributed by atoms with Crippen molar-refractivity contribution in [1.29, 1.82) is 0 Å². The number of nitrogens with one attached hydrogen (secondary N) is 1. The molecule has 0 bridgehead atoms. The lowest BCUT2D eigenvalue weighted by Gasteiger charge is -2.10. The number of hydrogen-bond donors (Lipinski definition) is 2. The molecule has 1 amide bonds. The van der Waals surface area contributed by atoms with Gasteiger partial charge in [-0.25, -0.2) is 4.98 Å². The summed E-state index contributed by atoms with van der Waals surface area (Å²) in [6.07, 6.45) is 0.611. The van der Waals surface area contributed by atoms with Gasteiger partial charge in [0.05, 0.1) is 31.4 Å². The maximum absolute atomic E-state index is 11.8. The summed E-state index contributed by atoms with van der Waals surface area (Å²) in [5, 5.41) is 11.6. The Morgan fingerprint density at radius 3 is 3.11 bits per heavy atom. The molecule has 2 unspecified atom stereocenters. The van der Waals surface area contributed by atoms with Crippen molar-refractivity contribution < 1.29 is 19.4 Å². The number of rotatable bonds is 5. The van der Waals surface area contributed by atoms with Crippen LogP contribution in [0.1, 0.15) is 25.5 Å². The number of carbonyl (C=O) groups is 1. The van der Waals surface area contributed by atoms with Crippen molar-refractivity contribution in [2.75, 3.05) is 11.9 Å². The zero-order valence-electron chi connectivity index (χ0n) is 10.8. The highest BCUT2D eigenvalue weighted by Crippen LogP contribution is 2.17. The molecule has 19 heavy (non-hydrogen) atoms. The lowest BCUT2D eigenvalue weighted by atomic mass is 10.3. The van der Waals surface area contributed by atoms with Gasteiger partial charge in [-0.15, -0.1) is 0 Å². The molecule has 1 saturated heterocycles. The monoisotopic (exact) mass is 266 g/mol. The van der Waals surface area contributed by atoms with Crippen molar-refractivity contribution in [3.05, 3.63) is 23.9 Å². The number of ether oxygens (including phenoxy) is 2. The molecule has 2 atom stereocenters. The van der Waals surface area contributed by atoms with Crippen LogP contribution in [0.2, 0.25) is 0 Å². The first-order valence-electron chi connectivity index (χ1n) is 6.35. The summed E-state index contributed by atoms with van der Waals surface area (Å²) in [4.78, 5) is 15.9. The van der Waals surface area contributed by atoms with Crippen molar-refractivity contribution >= 4 is 11.7 Å². The number of aliphatic hydroxyl groups is 1. The minimum Gasteiger partial charge on any atom is -0.390 e. The molecule has 0 saturated carbocycles. The Balaban J connectivity index is 1.84. The second-order valence-corrected chi connectivity index (χ2v) is 4.35. The van der Waals surface area contributed by atoms with Crippen LogP contribution in [0.25, 0.3) is 0 Å². The van der Waals surface area contributed by atoms with Gasteiger partial charge in [-0.2, -0.15) is 0 Å². The van der Waals surface area contributed by atoms with E-state index in [-0.39, 0.29) is 25.0 Å². The first-order chi connectivity index (χ1) is 9.21. The first-order valence-corrected chi connectivity index (χ1v) is 6.35. The van der Waals surface area contributed by atoms with Crippen LogP contribution in [0.15, 0.2) is 18.2 Å². The molecule has 2 N–H and O–H groups in total. The zero-order valence-corrected chi connectivity index (χ0v) is 10.8. The van der Waals surface area contributed by atoms with Crippen LogP contribution in [0.3, 0.4) is 0 Å². The third kappa shape index (κ3) is 3.99. The van der Waals surface area contributed by atoms with E-state index < -0.39 is 6.29 Å². The maximum atomic E-state index is 11.8. The van der Waals surface area contributed by atoms with E-state index in [0.717, 1.165) is 6.42 Å². The Labute approximate surface area is 111 Å². The summed E-state index contributed by atoms with van der Waals surface area (Å²) in [7, 11) is 0. The second kappa shape index (κ2) is 6.60. The Morgan fingerprint density at radius 1 is 1.58 bits per heavy atom. The molecule has 0 spiro atoms. The van der Waals surface area contributed by atoms with Crippen molar-refractivity contribution in [2.45, 2.75) is 38.8 Å². The molecule has 6 nitrogen and oxygen atoms in total. The van der Waals surface area contributed by atoms with Crippen LogP contribution in [0, 0.1) is 0 Å². The molecule has 0 aliphatic carbocycles. The number of aliphatic hydroxyl groups excluding tert-OH is 1. The lowest BCUT2D eigenvalue weighted by Crippen LogP contribution is -2.21. The van der Waals surface area contributed by atoms with Gasteiger partial charge in [-0.3, -0.25) is 4.79 Å². The van der Waals surface area contributed by atoms with Crippen LogP contribution >= 0.6 is 0 Å². The number of nitrogens with zero attached hydrogens (tertiary/aromatic N) is 1. The Hall–Kier alpha value is -1.50. The van der Waals surface area contributed by atoms with Crippen molar-refractivity contribution in [2.24, 2.45) is 0 Å². The summed E-state index contributed by atoms with van der Waals surface area (Å²) >= 11 is 0. The third-order valence-corrected chi connectivity index (χ3v) is 2.86. The van der Waals surface area contributed by atoms with E-state index in [9.17, 15) is 4.79 Å². The van der Waals surface area contributed by atoms with E-state index >= 15 is 0 Å². The third-order valence-electron chi connectivity index (χ3n) is 2.86. The lowest BCUT2D eigenvalue weighted by molar-refractivity contribution is -0.125. The average molecular weight is 266 g/mol. The number of pyridine rings is 1. The minimum atomic E-state index is -0.481. The Bertz CT molecular complexity index is 438. The molecule has 0 radical (unpaired) electrons. The fraction of sp³-hybridized carbons (Fsp3) is 0.538. The molecule has 2 heterocycles. The summed E-state index contributed by atoms with van der Waals surface area (Å²) in [5.74, 6) is 0.200. The van der Waals surface area contributed by atoms with Gasteiger partial charge in [-0.05, 0) is 18.6 Å². The highest BCUT2D eigenvalue weighted by molar-refractivity contribution is 5.89. The predicted octanol–water partition coefficient (Wildman–Crippen LogP) is 1.05. The van der Waals surface area contributed by atoms with Gasteiger partial charge in [0.25, 0.3) is 0 Å². The van der Waals surface area contributed by atoms with Crippen molar-refractivity contribution in [1.82, 2.24) is 4.98 Å². The first kappa shape index (κ1) is 13.9. The van der Waals surface area contributed by atoms with Crippen LogP contribution in [-0.2, 0) is 20.9 Å². The summed E-state index contributed by atoms with van der Waals surface area (Å²) in [6.45, 7) is 2.39. The fourth-order valence-electron chi connectivity index (χ4n) is 1.81. The molecule has 1 aromatic heterocycles. The molecule has 1 aliphatic rings. The number of anilines is 1. The highest BCUT2D eigenvalue weighted by Gasteiger charge is 2.26. The molecule has 1 fully saturated rings. The van der Waals surface area contributed by atoms with Gasteiger partial charge >= 0.3 is 0 Å². The largest absolute Gasteiger partial charge is 0.390 e. The summed E-state index contributed by atoms with van der Waals surface area (Å²) < 4.78 is 10.9. The van der Waals surface area contributed by atoms with Crippen LogP contribution in [0.4, 0.5) is 5.82 Å². The van der Waals surface area contributed by atoms with Crippen LogP contribution in [-0.4, -0.2) is 35.0 Å². The van der Waals surface area contributed by atoms with Crippen molar-refractivity contribution in [3.63, 3.8) is 0 Å². The van der Waals surface area contributed by atoms with E-state index in [1.807, 2.05) is 6.92 Å². The molecule has 2 rings (SSSR count). The van der Waals surface area contributed by atoms with Gasteiger partial charge in [0, 0.05) is 0 Å². The van der Waals surface area contributed by atoms with Gasteiger partial charge in [0.1, 0.15) is 5.82 Å². The fourth-order valence-corrected chi connectivity index (χ4v) is 1.81. The second-order valence-electron chi connectivity index (χ2n) is 4.35. The molecule has 1 aromatic rings.